The fraction of sp³-hybridized carbons (Fsp3) is 0.375. The second-order valence-electron chi connectivity index (χ2n) is 5.17. The normalized spacial score (nSPS) is 15.3. The molecule has 1 aromatic heterocycles. The predicted molar refractivity (Wildman–Crippen MR) is 76.7 cm³/mol. The molecular weight excluding hydrogens is 220 g/mol. The molecule has 1 fully saturated rings. The van der Waals surface area contributed by atoms with Crippen LogP contribution in [0.25, 0.3) is 5.69 Å². The van der Waals surface area contributed by atoms with Crippen LogP contribution in [0.1, 0.15) is 24.2 Å². The van der Waals surface area contributed by atoms with Crippen LogP contribution in [0.3, 0.4) is 0 Å². The maximum Gasteiger partial charge on any atom is 0.0475 e. The molecule has 0 aliphatic carbocycles. The highest BCUT2D eigenvalue weighted by atomic mass is 15.1. The van der Waals surface area contributed by atoms with Crippen molar-refractivity contribution in [1.29, 1.82) is 0 Å². The van der Waals surface area contributed by atoms with E-state index in [4.69, 9.17) is 0 Å². The third kappa shape index (κ3) is 1.92. The van der Waals surface area contributed by atoms with Crippen molar-refractivity contribution in [3.8, 4) is 5.69 Å². The van der Waals surface area contributed by atoms with E-state index < -0.39 is 0 Å². The van der Waals surface area contributed by atoms with E-state index in [0.717, 1.165) is 0 Å². The summed E-state index contributed by atoms with van der Waals surface area (Å²) < 4.78 is 2.32. The third-order valence-corrected chi connectivity index (χ3v) is 3.83. The summed E-state index contributed by atoms with van der Waals surface area (Å²) in [5, 5.41) is 0. The van der Waals surface area contributed by atoms with E-state index in [1.807, 2.05) is 0 Å². The minimum Gasteiger partial charge on any atom is -0.371 e. The van der Waals surface area contributed by atoms with E-state index in [2.05, 4.69) is 59.7 Å². The topological polar surface area (TPSA) is 8.17 Å². The average molecular weight is 240 g/mol. The van der Waals surface area contributed by atoms with Gasteiger partial charge in [-0.25, -0.2) is 0 Å². The van der Waals surface area contributed by atoms with Gasteiger partial charge in [0.15, 0.2) is 0 Å². The molecule has 0 amide bonds. The molecule has 0 unspecified atom stereocenters. The molecule has 1 saturated heterocycles. The highest BCUT2D eigenvalue weighted by molar-refractivity contribution is 5.54. The smallest absolute Gasteiger partial charge is 0.0475 e. The van der Waals surface area contributed by atoms with Gasteiger partial charge in [-0.15, -0.1) is 0 Å². The van der Waals surface area contributed by atoms with Gasteiger partial charge >= 0.3 is 0 Å². The molecular formula is C16H20N2. The lowest BCUT2D eigenvalue weighted by Gasteiger charge is -2.19. The van der Waals surface area contributed by atoms with E-state index in [9.17, 15) is 0 Å². The van der Waals surface area contributed by atoms with E-state index in [0.29, 0.717) is 0 Å². The van der Waals surface area contributed by atoms with Crippen LogP contribution in [0.5, 0.6) is 0 Å². The van der Waals surface area contributed by atoms with Gasteiger partial charge in [0, 0.05) is 35.9 Å². The van der Waals surface area contributed by atoms with Crippen molar-refractivity contribution in [3.05, 3.63) is 47.8 Å². The summed E-state index contributed by atoms with van der Waals surface area (Å²) in [6, 6.07) is 13.3. The molecule has 2 aromatic rings. The maximum atomic E-state index is 2.48. The Morgan fingerprint density at radius 3 is 2.11 bits per heavy atom. The fourth-order valence-electron chi connectivity index (χ4n) is 2.88. The highest BCUT2D eigenvalue weighted by Gasteiger charge is 2.13. The van der Waals surface area contributed by atoms with Gasteiger partial charge in [-0.2, -0.15) is 0 Å². The van der Waals surface area contributed by atoms with Crippen LogP contribution in [0.15, 0.2) is 36.4 Å². The van der Waals surface area contributed by atoms with Crippen molar-refractivity contribution < 1.29 is 0 Å². The Balaban J connectivity index is 2.00. The van der Waals surface area contributed by atoms with Crippen LogP contribution in [0.2, 0.25) is 0 Å². The average Bonchev–Trinajstić information content (AvgIpc) is 3.00. The van der Waals surface area contributed by atoms with E-state index in [-0.39, 0.29) is 0 Å². The van der Waals surface area contributed by atoms with E-state index in [1.165, 1.54) is 48.7 Å². The van der Waals surface area contributed by atoms with Gasteiger partial charge in [-0.05, 0) is 57.0 Å². The summed E-state index contributed by atoms with van der Waals surface area (Å²) >= 11 is 0. The first kappa shape index (κ1) is 11.4. The lowest BCUT2D eigenvalue weighted by atomic mass is 10.2. The lowest BCUT2D eigenvalue weighted by Crippen LogP contribution is -2.17. The zero-order valence-electron chi connectivity index (χ0n) is 11.2. The first-order chi connectivity index (χ1) is 8.75. The summed E-state index contributed by atoms with van der Waals surface area (Å²) in [5.74, 6) is 0. The first-order valence-electron chi connectivity index (χ1n) is 6.76. The summed E-state index contributed by atoms with van der Waals surface area (Å²) in [5.41, 5.74) is 5.23. The Kier molecular flexibility index (Phi) is 2.86. The minimum atomic E-state index is 1.20. The molecule has 1 aliphatic heterocycles. The molecule has 2 heteroatoms. The summed E-state index contributed by atoms with van der Waals surface area (Å²) in [6.45, 7) is 6.73. The lowest BCUT2D eigenvalue weighted by molar-refractivity contribution is 0.944. The summed E-state index contributed by atoms with van der Waals surface area (Å²) in [7, 11) is 0. The van der Waals surface area contributed by atoms with Crippen molar-refractivity contribution in [2.45, 2.75) is 26.7 Å². The van der Waals surface area contributed by atoms with Gasteiger partial charge < -0.3 is 9.47 Å². The van der Waals surface area contributed by atoms with E-state index >= 15 is 0 Å². The molecule has 18 heavy (non-hydrogen) atoms. The molecule has 1 aromatic carbocycles. The Morgan fingerprint density at radius 2 is 1.44 bits per heavy atom. The van der Waals surface area contributed by atoms with Gasteiger partial charge in [0.2, 0.25) is 0 Å². The van der Waals surface area contributed by atoms with Crippen LogP contribution >= 0.6 is 0 Å². The minimum absolute atomic E-state index is 1.20. The van der Waals surface area contributed by atoms with Gasteiger partial charge in [0.25, 0.3) is 0 Å². The second-order valence-corrected chi connectivity index (χ2v) is 5.17. The van der Waals surface area contributed by atoms with Crippen LogP contribution in [-0.2, 0) is 0 Å². The monoisotopic (exact) mass is 240 g/mol. The van der Waals surface area contributed by atoms with Crippen molar-refractivity contribution in [1.82, 2.24) is 4.57 Å². The van der Waals surface area contributed by atoms with Crippen LogP contribution < -0.4 is 4.90 Å². The van der Waals surface area contributed by atoms with Gasteiger partial charge in [0.1, 0.15) is 0 Å². The van der Waals surface area contributed by atoms with Crippen LogP contribution in [0.4, 0.5) is 5.69 Å². The molecule has 0 spiro atoms. The zero-order chi connectivity index (χ0) is 12.5. The molecule has 1 aliphatic rings. The molecule has 0 N–H and O–H groups in total. The standard InChI is InChI=1S/C16H20N2/c1-13-8-9-14(2)18(13)16-7-5-6-15(12-16)17-10-3-4-11-17/h5-9,12H,3-4,10-11H2,1-2H3. The quantitative estimate of drug-likeness (QED) is 0.777. The SMILES string of the molecule is Cc1ccc(C)n1-c1cccc(N2CCCC2)c1. The van der Waals surface area contributed by atoms with Crippen LogP contribution in [-0.4, -0.2) is 17.7 Å². The van der Waals surface area contributed by atoms with Crippen LogP contribution in [0, 0.1) is 13.8 Å². The first-order valence-corrected chi connectivity index (χ1v) is 6.76. The predicted octanol–water partition coefficient (Wildman–Crippen LogP) is 3.69. The number of hydrogen-bond donors (Lipinski definition) is 0. The Labute approximate surface area is 109 Å². The highest BCUT2D eigenvalue weighted by Crippen LogP contribution is 2.24. The number of nitrogens with zero attached hydrogens (tertiary/aromatic N) is 2. The number of hydrogen-bond acceptors (Lipinski definition) is 1. The Bertz CT molecular complexity index is 528. The van der Waals surface area contributed by atoms with Gasteiger partial charge in [0.05, 0.1) is 0 Å². The van der Waals surface area contributed by atoms with E-state index in [1.54, 1.807) is 0 Å². The maximum absolute atomic E-state index is 2.48. The molecule has 94 valence electrons. The molecule has 0 radical (unpaired) electrons. The number of aryl methyl sites for hydroxylation is 2. The Morgan fingerprint density at radius 1 is 0.833 bits per heavy atom. The molecule has 0 atom stereocenters. The molecule has 0 bridgehead atoms. The molecule has 2 nitrogen and oxygen atoms in total. The number of rotatable bonds is 2. The number of aromatic nitrogens is 1. The second kappa shape index (κ2) is 4.52. The van der Waals surface area contributed by atoms with Crippen molar-refractivity contribution in [3.63, 3.8) is 0 Å². The number of anilines is 1. The van der Waals surface area contributed by atoms with Crippen molar-refractivity contribution in [2.24, 2.45) is 0 Å². The zero-order valence-corrected chi connectivity index (χ0v) is 11.2. The Hall–Kier alpha value is -1.70. The van der Waals surface area contributed by atoms with Crippen molar-refractivity contribution in [2.75, 3.05) is 18.0 Å². The molecule has 3 rings (SSSR count). The number of benzene rings is 1. The summed E-state index contributed by atoms with van der Waals surface area (Å²) in [6.07, 6.45) is 2.65. The largest absolute Gasteiger partial charge is 0.371 e. The third-order valence-electron chi connectivity index (χ3n) is 3.83. The molecule has 0 saturated carbocycles. The van der Waals surface area contributed by atoms with Crippen molar-refractivity contribution >= 4 is 5.69 Å². The van der Waals surface area contributed by atoms with Gasteiger partial charge in [-0.1, -0.05) is 6.07 Å². The fourth-order valence-corrected chi connectivity index (χ4v) is 2.88. The van der Waals surface area contributed by atoms with Gasteiger partial charge in [-0.3, -0.25) is 0 Å². The summed E-state index contributed by atoms with van der Waals surface area (Å²) in [4.78, 5) is 2.48. The molecule has 2 heterocycles.